The van der Waals surface area contributed by atoms with Crippen LogP contribution in [0.3, 0.4) is 0 Å². The van der Waals surface area contributed by atoms with Gasteiger partial charge in [-0.15, -0.1) is 0 Å². The first-order valence-electron chi connectivity index (χ1n) is 4.49. The third-order valence-corrected chi connectivity index (χ3v) is 1.91. The van der Waals surface area contributed by atoms with E-state index in [9.17, 15) is 4.79 Å². The fraction of sp³-hybridized carbons (Fsp3) is 0.400. The number of nitriles is 1. The molecule has 1 N–H and O–H groups in total. The fourth-order valence-corrected chi connectivity index (χ4v) is 1.07. The molecule has 1 heterocycles. The number of nitrogens with one attached hydrogen (secondary N) is 1. The van der Waals surface area contributed by atoms with Crippen LogP contribution in [-0.4, -0.2) is 11.9 Å². The summed E-state index contributed by atoms with van der Waals surface area (Å²) in [5.41, 5.74) is 0. The SMILES string of the molecule is CCC(CC#N)NC(=O)c1ccco1. The topological polar surface area (TPSA) is 66.0 Å². The highest BCUT2D eigenvalue weighted by Gasteiger charge is 2.13. The minimum absolute atomic E-state index is 0.0994. The Morgan fingerprint density at radius 3 is 3.07 bits per heavy atom. The first-order chi connectivity index (χ1) is 6.77. The molecule has 1 aromatic rings. The minimum atomic E-state index is -0.267. The van der Waals surface area contributed by atoms with Crippen molar-refractivity contribution in [1.82, 2.24) is 5.32 Å². The van der Waals surface area contributed by atoms with Crippen LogP contribution < -0.4 is 5.32 Å². The normalized spacial score (nSPS) is 11.7. The van der Waals surface area contributed by atoms with Gasteiger partial charge in [0, 0.05) is 6.04 Å². The lowest BCUT2D eigenvalue weighted by atomic mass is 10.1. The third-order valence-electron chi connectivity index (χ3n) is 1.91. The van der Waals surface area contributed by atoms with E-state index in [1.807, 2.05) is 13.0 Å². The second-order valence-electron chi connectivity index (χ2n) is 2.92. The van der Waals surface area contributed by atoms with Gasteiger partial charge in [-0.3, -0.25) is 4.79 Å². The predicted octanol–water partition coefficient (Wildman–Crippen LogP) is 1.70. The van der Waals surface area contributed by atoms with Gasteiger partial charge < -0.3 is 9.73 Å². The highest BCUT2D eigenvalue weighted by molar-refractivity contribution is 5.91. The van der Waals surface area contributed by atoms with Crippen molar-refractivity contribution in [2.24, 2.45) is 0 Å². The van der Waals surface area contributed by atoms with Gasteiger partial charge in [-0.2, -0.15) is 5.26 Å². The lowest BCUT2D eigenvalue weighted by Gasteiger charge is -2.11. The molecule has 4 nitrogen and oxygen atoms in total. The van der Waals surface area contributed by atoms with Gasteiger partial charge in [0.2, 0.25) is 0 Å². The van der Waals surface area contributed by atoms with Crippen molar-refractivity contribution in [3.05, 3.63) is 24.2 Å². The monoisotopic (exact) mass is 192 g/mol. The molecule has 0 aliphatic heterocycles. The summed E-state index contributed by atoms with van der Waals surface area (Å²) in [5.74, 6) is 0.0125. The average Bonchev–Trinajstić information content (AvgIpc) is 2.69. The zero-order valence-electron chi connectivity index (χ0n) is 7.99. The van der Waals surface area contributed by atoms with Crippen molar-refractivity contribution in [2.45, 2.75) is 25.8 Å². The van der Waals surface area contributed by atoms with Crippen LogP contribution in [0, 0.1) is 11.3 Å². The number of hydrogen-bond donors (Lipinski definition) is 1. The molecule has 0 aromatic carbocycles. The molecule has 0 aliphatic carbocycles. The third kappa shape index (κ3) is 2.63. The smallest absolute Gasteiger partial charge is 0.287 e. The number of carbonyl (C=O) groups excluding carboxylic acids is 1. The molecular formula is C10H12N2O2. The zero-order valence-corrected chi connectivity index (χ0v) is 7.99. The number of nitrogens with zero attached hydrogens (tertiary/aromatic N) is 1. The van der Waals surface area contributed by atoms with Crippen LogP contribution >= 0.6 is 0 Å². The Morgan fingerprint density at radius 2 is 2.57 bits per heavy atom. The summed E-state index contributed by atoms with van der Waals surface area (Å²) in [4.78, 5) is 11.4. The first-order valence-corrected chi connectivity index (χ1v) is 4.49. The highest BCUT2D eigenvalue weighted by atomic mass is 16.3. The molecule has 0 saturated heterocycles. The molecule has 0 fully saturated rings. The van der Waals surface area contributed by atoms with E-state index in [1.54, 1.807) is 12.1 Å². The van der Waals surface area contributed by atoms with Crippen LogP contribution in [0.15, 0.2) is 22.8 Å². The van der Waals surface area contributed by atoms with E-state index in [2.05, 4.69) is 5.32 Å². The molecule has 14 heavy (non-hydrogen) atoms. The molecule has 1 aromatic heterocycles. The Hall–Kier alpha value is -1.76. The standard InChI is InChI=1S/C10H12N2O2/c1-2-8(5-6-11)12-10(13)9-4-3-7-14-9/h3-4,7-8H,2,5H2,1H3,(H,12,13). The largest absolute Gasteiger partial charge is 0.459 e. The van der Waals surface area contributed by atoms with Gasteiger partial charge in [0.05, 0.1) is 18.8 Å². The number of amides is 1. The molecule has 0 radical (unpaired) electrons. The van der Waals surface area contributed by atoms with Gasteiger partial charge in [-0.25, -0.2) is 0 Å². The molecule has 1 rings (SSSR count). The number of carbonyl (C=O) groups is 1. The first kappa shape index (κ1) is 10.3. The molecular weight excluding hydrogens is 180 g/mol. The highest BCUT2D eigenvalue weighted by Crippen LogP contribution is 2.02. The van der Waals surface area contributed by atoms with E-state index in [0.717, 1.165) is 6.42 Å². The summed E-state index contributed by atoms with van der Waals surface area (Å²) in [6.45, 7) is 1.92. The maximum absolute atomic E-state index is 11.4. The van der Waals surface area contributed by atoms with Crippen molar-refractivity contribution in [1.29, 1.82) is 5.26 Å². The zero-order chi connectivity index (χ0) is 10.4. The fourth-order valence-electron chi connectivity index (χ4n) is 1.07. The summed E-state index contributed by atoms with van der Waals surface area (Å²) in [5, 5.41) is 11.2. The van der Waals surface area contributed by atoms with Crippen molar-refractivity contribution in [3.63, 3.8) is 0 Å². The van der Waals surface area contributed by atoms with Crippen LogP contribution in [0.2, 0.25) is 0 Å². The van der Waals surface area contributed by atoms with Crippen molar-refractivity contribution >= 4 is 5.91 Å². The van der Waals surface area contributed by atoms with Gasteiger partial charge in [0.1, 0.15) is 0 Å². The average molecular weight is 192 g/mol. The number of furan rings is 1. The Kier molecular flexibility index (Phi) is 3.74. The van der Waals surface area contributed by atoms with Crippen molar-refractivity contribution < 1.29 is 9.21 Å². The number of rotatable bonds is 4. The maximum atomic E-state index is 11.4. The van der Waals surface area contributed by atoms with E-state index in [4.69, 9.17) is 9.68 Å². The molecule has 1 unspecified atom stereocenters. The number of hydrogen-bond acceptors (Lipinski definition) is 3. The van der Waals surface area contributed by atoms with Crippen LogP contribution in [-0.2, 0) is 0 Å². The molecule has 1 amide bonds. The van der Waals surface area contributed by atoms with Crippen molar-refractivity contribution in [2.75, 3.05) is 0 Å². The summed E-state index contributed by atoms with van der Waals surface area (Å²) < 4.78 is 4.92. The van der Waals surface area contributed by atoms with Crippen LogP contribution in [0.25, 0.3) is 0 Å². The minimum Gasteiger partial charge on any atom is -0.459 e. The molecule has 0 aliphatic rings. The Bertz CT molecular complexity index is 324. The molecule has 74 valence electrons. The van der Waals surface area contributed by atoms with Crippen LogP contribution in [0.5, 0.6) is 0 Å². The van der Waals surface area contributed by atoms with Crippen LogP contribution in [0.1, 0.15) is 30.3 Å². The van der Waals surface area contributed by atoms with E-state index in [0.29, 0.717) is 6.42 Å². The van der Waals surface area contributed by atoms with Gasteiger partial charge >= 0.3 is 0 Å². The molecule has 1 atom stereocenters. The Morgan fingerprint density at radius 1 is 1.79 bits per heavy atom. The summed E-state index contributed by atoms with van der Waals surface area (Å²) in [7, 11) is 0. The molecule has 0 bridgehead atoms. The predicted molar refractivity (Wildman–Crippen MR) is 50.5 cm³/mol. The maximum Gasteiger partial charge on any atom is 0.287 e. The lowest BCUT2D eigenvalue weighted by Crippen LogP contribution is -2.33. The molecule has 0 saturated carbocycles. The van der Waals surface area contributed by atoms with Crippen molar-refractivity contribution in [3.8, 4) is 6.07 Å². The van der Waals surface area contributed by atoms with Gasteiger partial charge in [-0.1, -0.05) is 6.92 Å². The summed E-state index contributed by atoms with van der Waals surface area (Å²) in [6, 6.07) is 5.17. The summed E-state index contributed by atoms with van der Waals surface area (Å²) in [6.07, 6.45) is 2.50. The Balaban J connectivity index is 2.52. The van der Waals surface area contributed by atoms with E-state index in [-0.39, 0.29) is 17.7 Å². The quantitative estimate of drug-likeness (QED) is 0.789. The summed E-state index contributed by atoms with van der Waals surface area (Å²) >= 11 is 0. The van der Waals surface area contributed by atoms with Gasteiger partial charge in [0.15, 0.2) is 5.76 Å². The lowest BCUT2D eigenvalue weighted by molar-refractivity contribution is 0.0908. The van der Waals surface area contributed by atoms with Crippen LogP contribution in [0.4, 0.5) is 0 Å². The Labute approximate surface area is 82.5 Å². The van der Waals surface area contributed by atoms with E-state index in [1.165, 1.54) is 6.26 Å². The van der Waals surface area contributed by atoms with Gasteiger partial charge in [0.25, 0.3) is 5.91 Å². The van der Waals surface area contributed by atoms with E-state index >= 15 is 0 Å². The molecule has 0 spiro atoms. The second-order valence-corrected chi connectivity index (χ2v) is 2.92. The molecule has 4 heteroatoms. The van der Waals surface area contributed by atoms with Gasteiger partial charge in [-0.05, 0) is 18.6 Å². The van der Waals surface area contributed by atoms with E-state index < -0.39 is 0 Å². The second kappa shape index (κ2) is 5.07.